The van der Waals surface area contributed by atoms with Crippen molar-refractivity contribution in [2.75, 3.05) is 43.4 Å². The van der Waals surface area contributed by atoms with Gasteiger partial charge in [-0.3, -0.25) is 14.7 Å². The van der Waals surface area contributed by atoms with E-state index in [1.54, 1.807) is 16.2 Å². The van der Waals surface area contributed by atoms with E-state index in [1.165, 1.54) is 0 Å². The van der Waals surface area contributed by atoms with Gasteiger partial charge in [-0.25, -0.2) is 0 Å². The normalized spacial score (nSPS) is 16.3. The molecule has 0 radical (unpaired) electrons. The van der Waals surface area contributed by atoms with Crippen LogP contribution in [0.5, 0.6) is 0 Å². The number of hydrogen-bond donors (Lipinski definition) is 2. The number of carbonyl (C=O) groups is 2. The summed E-state index contributed by atoms with van der Waals surface area (Å²) in [4.78, 5) is 31.9. The molecule has 32 heavy (non-hydrogen) atoms. The zero-order valence-corrected chi connectivity index (χ0v) is 18.8. The molecule has 2 aromatic heterocycles. The van der Waals surface area contributed by atoms with Crippen LogP contribution in [0.25, 0.3) is 0 Å². The van der Waals surface area contributed by atoms with Crippen LogP contribution in [0.2, 0.25) is 0 Å². The molecule has 1 fully saturated rings. The molecule has 8 nitrogen and oxygen atoms in total. The van der Waals surface area contributed by atoms with Gasteiger partial charge in [0.05, 0.1) is 25.2 Å². The smallest absolute Gasteiger partial charge is 0.256 e. The van der Waals surface area contributed by atoms with Gasteiger partial charge in [-0.1, -0.05) is 0 Å². The fourth-order valence-corrected chi connectivity index (χ4v) is 4.84. The summed E-state index contributed by atoms with van der Waals surface area (Å²) < 4.78 is 0. The van der Waals surface area contributed by atoms with E-state index in [0.717, 1.165) is 48.7 Å². The number of H-pyrrole nitrogens is 1. The van der Waals surface area contributed by atoms with Gasteiger partial charge in [-0.2, -0.15) is 16.4 Å². The number of hydrogen-bond acceptors (Lipinski definition) is 6. The number of thiophene rings is 1. The van der Waals surface area contributed by atoms with Crippen LogP contribution in [0.15, 0.2) is 41.1 Å². The van der Waals surface area contributed by atoms with Crippen LogP contribution in [0, 0.1) is 0 Å². The van der Waals surface area contributed by atoms with Crippen molar-refractivity contribution < 1.29 is 9.59 Å². The average Bonchev–Trinajstić information content (AvgIpc) is 3.53. The molecule has 0 atom stereocenters. The first-order valence-electron chi connectivity index (χ1n) is 10.8. The second-order valence-corrected chi connectivity index (χ2v) is 9.16. The van der Waals surface area contributed by atoms with E-state index in [1.807, 2.05) is 41.1 Å². The quantitative estimate of drug-likeness (QED) is 0.624. The van der Waals surface area contributed by atoms with E-state index < -0.39 is 0 Å². The molecular formula is C23H26N6O2S. The van der Waals surface area contributed by atoms with E-state index >= 15 is 0 Å². The van der Waals surface area contributed by atoms with Crippen molar-refractivity contribution in [1.29, 1.82) is 0 Å². The zero-order valence-electron chi connectivity index (χ0n) is 18.0. The number of rotatable bonds is 5. The molecular weight excluding hydrogens is 424 g/mol. The molecule has 3 aromatic rings. The number of aromatic amines is 1. The maximum absolute atomic E-state index is 12.8. The van der Waals surface area contributed by atoms with Crippen molar-refractivity contribution in [2.24, 2.45) is 0 Å². The molecule has 5 rings (SSSR count). The van der Waals surface area contributed by atoms with Gasteiger partial charge in [0.1, 0.15) is 0 Å². The number of nitrogens with zero attached hydrogens (tertiary/aromatic N) is 4. The van der Waals surface area contributed by atoms with Crippen LogP contribution in [-0.2, 0) is 24.3 Å². The second kappa shape index (κ2) is 8.76. The van der Waals surface area contributed by atoms with E-state index in [0.29, 0.717) is 30.9 Å². The number of anilines is 2. The first-order valence-corrected chi connectivity index (χ1v) is 11.7. The number of likely N-dealkylation sites (N-methyl/N-ethyl adjacent to an activating group) is 1. The van der Waals surface area contributed by atoms with E-state index in [9.17, 15) is 9.59 Å². The Morgan fingerprint density at radius 2 is 1.88 bits per heavy atom. The minimum atomic E-state index is -0.202. The predicted octanol–water partition coefficient (Wildman–Crippen LogP) is 2.56. The number of benzene rings is 1. The Kier molecular flexibility index (Phi) is 5.67. The Balaban J connectivity index is 1.21. The molecule has 1 aromatic carbocycles. The number of nitrogens with one attached hydrogen (secondary N) is 2. The van der Waals surface area contributed by atoms with Crippen molar-refractivity contribution in [3.8, 4) is 0 Å². The van der Waals surface area contributed by atoms with Gasteiger partial charge < -0.3 is 20.0 Å². The molecule has 0 spiro atoms. The molecule has 0 unspecified atom stereocenters. The van der Waals surface area contributed by atoms with Gasteiger partial charge in [0.25, 0.3) is 5.91 Å². The lowest BCUT2D eigenvalue weighted by molar-refractivity contribution is -0.131. The number of aromatic nitrogens is 2. The van der Waals surface area contributed by atoms with Crippen molar-refractivity contribution in [2.45, 2.75) is 19.5 Å². The lowest BCUT2D eigenvalue weighted by Crippen LogP contribution is -2.44. The summed E-state index contributed by atoms with van der Waals surface area (Å²) in [6, 6.07) is 9.68. The van der Waals surface area contributed by atoms with Crippen LogP contribution in [0.3, 0.4) is 0 Å². The zero-order chi connectivity index (χ0) is 22.1. The second-order valence-electron chi connectivity index (χ2n) is 8.38. The summed E-state index contributed by atoms with van der Waals surface area (Å²) in [7, 11) is 2.13. The number of amides is 2. The molecule has 2 N–H and O–H groups in total. The SMILES string of the molecule is CN1CCN(c2ccc(C(=O)Nc3n[nH]c4c3CN(C(=O)Cc3ccsc3)C4)cc2)CC1. The van der Waals surface area contributed by atoms with Crippen LogP contribution in [0.1, 0.15) is 27.2 Å². The molecule has 166 valence electrons. The van der Waals surface area contributed by atoms with Crippen molar-refractivity contribution in [1.82, 2.24) is 20.0 Å². The summed E-state index contributed by atoms with van der Waals surface area (Å²) in [6.07, 6.45) is 0.391. The van der Waals surface area contributed by atoms with Crippen molar-refractivity contribution in [3.05, 3.63) is 63.5 Å². The molecule has 0 saturated carbocycles. The highest BCUT2D eigenvalue weighted by atomic mass is 32.1. The number of piperazine rings is 1. The summed E-state index contributed by atoms with van der Waals surface area (Å²) in [5, 5.41) is 14.1. The predicted molar refractivity (Wildman–Crippen MR) is 125 cm³/mol. The van der Waals surface area contributed by atoms with Gasteiger partial charge in [0.15, 0.2) is 5.82 Å². The molecule has 2 aliphatic heterocycles. The number of carbonyl (C=O) groups excluding carboxylic acids is 2. The van der Waals surface area contributed by atoms with Crippen LogP contribution < -0.4 is 10.2 Å². The largest absolute Gasteiger partial charge is 0.369 e. The Bertz CT molecular complexity index is 1100. The average molecular weight is 451 g/mol. The van der Waals surface area contributed by atoms with Gasteiger partial charge >= 0.3 is 0 Å². The minimum Gasteiger partial charge on any atom is -0.369 e. The van der Waals surface area contributed by atoms with E-state index in [-0.39, 0.29) is 11.8 Å². The molecule has 2 amide bonds. The van der Waals surface area contributed by atoms with Gasteiger partial charge in [0, 0.05) is 43.0 Å². The molecule has 4 heterocycles. The maximum Gasteiger partial charge on any atom is 0.256 e. The first-order chi connectivity index (χ1) is 15.6. The summed E-state index contributed by atoms with van der Waals surface area (Å²) in [5.41, 5.74) is 4.51. The van der Waals surface area contributed by atoms with Gasteiger partial charge in [-0.05, 0) is 53.7 Å². The van der Waals surface area contributed by atoms with Crippen LogP contribution in [-0.4, -0.2) is 65.0 Å². The van der Waals surface area contributed by atoms with Crippen molar-refractivity contribution >= 4 is 34.7 Å². The minimum absolute atomic E-state index is 0.0739. The highest BCUT2D eigenvalue weighted by molar-refractivity contribution is 7.08. The maximum atomic E-state index is 12.8. The van der Waals surface area contributed by atoms with Gasteiger partial charge in [0.2, 0.25) is 5.91 Å². The molecule has 9 heteroatoms. The summed E-state index contributed by atoms with van der Waals surface area (Å²) in [5.74, 6) is 0.371. The lowest BCUT2D eigenvalue weighted by Gasteiger charge is -2.34. The summed E-state index contributed by atoms with van der Waals surface area (Å²) in [6.45, 7) is 5.00. The Morgan fingerprint density at radius 3 is 2.59 bits per heavy atom. The highest BCUT2D eigenvalue weighted by Gasteiger charge is 2.29. The Morgan fingerprint density at radius 1 is 1.09 bits per heavy atom. The molecule has 2 aliphatic rings. The topological polar surface area (TPSA) is 84.6 Å². The Labute approximate surface area is 190 Å². The standard InChI is InChI=1S/C23H26N6O2S/c1-27-7-9-28(10-8-27)18-4-2-17(3-5-18)23(31)24-22-19-13-29(14-20(19)25-26-22)21(30)12-16-6-11-32-15-16/h2-6,11,15H,7-10,12-14H2,1H3,(H2,24,25,26,31). The highest BCUT2D eigenvalue weighted by Crippen LogP contribution is 2.28. The van der Waals surface area contributed by atoms with Crippen molar-refractivity contribution in [3.63, 3.8) is 0 Å². The fraction of sp³-hybridized carbons (Fsp3) is 0.348. The van der Waals surface area contributed by atoms with Gasteiger partial charge in [-0.15, -0.1) is 0 Å². The van der Waals surface area contributed by atoms with E-state index in [2.05, 4.69) is 32.4 Å². The molecule has 0 aliphatic carbocycles. The molecule has 1 saturated heterocycles. The number of fused-ring (bicyclic) bond motifs is 1. The first kappa shape index (κ1) is 20.7. The van der Waals surface area contributed by atoms with Crippen LogP contribution in [0.4, 0.5) is 11.5 Å². The third-order valence-electron chi connectivity index (χ3n) is 6.17. The third-order valence-corrected chi connectivity index (χ3v) is 6.90. The monoisotopic (exact) mass is 450 g/mol. The molecule has 0 bridgehead atoms. The van der Waals surface area contributed by atoms with Crippen LogP contribution >= 0.6 is 11.3 Å². The Hall–Kier alpha value is -3.17. The lowest BCUT2D eigenvalue weighted by atomic mass is 10.1. The third kappa shape index (κ3) is 4.26. The fourth-order valence-electron chi connectivity index (χ4n) is 4.17. The summed E-state index contributed by atoms with van der Waals surface area (Å²) >= 11 is 1.59. The van der Waals surface area contributed by atoms with E-state index in [4.69, 9.17) is 0 Å².